The predicted octanol–water partition coefficient (Wildman–Crippen LogP) is 2.64. The van der Waals surface area contributed by atoms with E-state index in [2.05, 4.69) is 10.3 Å². The lowest BCUT2D eigenvalue weighted by molar-refractivity contribution is -0.111. The molecule has 0 aliphatic heterocycles. The lowest BCUT2D eigenvalue weighted by atomic mass is 10.2. The summed E-state index contributed by atoms with van der Waals surface area (Å²) in [5.41, 5.74) is 1.40. The van der Waals surface area contributed by atoms with E-state index >= 15 is 0 Å². The highest BCUT2D eigenvalue weighted by atomic mass is 16.5. The van der Waals surface area contributed by atoms with Crippen molar-refractivity contribution in [2.45, 2.75) is 0 Å². The van der Waals surface area contributed by atoms with Crippen molar-refractivity contribution < 1.29 is 14.3 Å². The maximum Gasteiger partial charge on any atom is 0.248 e. The maximum atomic E-state index is 11.8. The molecule has 1 aromatic heterocycles. The molecule has 1 N–H and O–H groups in total. The van der Waals surface area contributed by atoms with Crippen LogP contribution in [-0.2, 0) is 4.79 Å². The molecule has 0 fully saturated rings. The fourth-order valence-electron chi connectivity index (χ4n) is 1.81. The Balaban J connectivity index is 2.04. The van der Waals surface area contributed by atoms with Crippen LogP contribution >= 0.6 is 0 Å². The van der Waals surface area contributed by atoms with Crippen LogP contribution < -0.4 is 14.8 Å². The van der Waals surface area contributed by atoms with Crippen LogP contribution in [0.1, 0.15) is 5.56 Å². The molecule has 0 aliphatic carbocycles. The first-order valence-corrected chi connectivity index (χ1v) is 6.80. The number of nitrogens with one attached hydrogen (secondary N) is 1. The quantitative estimate of drug-likeness (QED) is 0.829. The van der Waals surface area contributed by atoms with E-state index in [-0.39, 0.29) is 12.5 Å². The van der Waals surface area contributed by atoms with Crippen molar-refractivity contribution in [3.63, 3.8) is 0 Å². The normalized spacial score (nSPS) is 10.1. The highest BCUT2D eigenvalue weighted by Crippen LogP contribution is 2.28. The standard InChI is InChI=1S/C17H15N3O3/c1-22-16-11-13(4-6-15(16)23-10-8-18)5-7-17(21)20-14-3-2-9-19-12-14/h2-7,9,11-12H,10H2,1H3,(H,20,21)/b7-5+. The average Bonchev–Trinajstić information content (AvgIpc) is 2.59. The third kappa shape index (κ3) is 4.86. The molecule has 1 heterocycles. The molecule has 0 radical (unpaired) electrons. The largest absolute Gasteiger partial charge is 0.493 e. The van der Waals surface area contributed by atoms with Gasteiger partial charge in [0.1, 0.15) is 6.07 Å². The monoisotopic (exact) mass is 309 g/mol. The number of nitriles is 1. The molecule has 2 aromatic rings. The summed E-state index contributed by atoms with van der Waals surface area (Å²) in [5, 5.41) is 11.2. The number of methoxy groups -OCH3 is 1. The smallest absolute Gasteiger partial charge is 0.248 e. The van der Waals surface area contributed by atoms with Gasteiger partial charge in [0.05, 0.1) is 19.0 Å². The first kappa shape index (κ1) is 16.0. The zero-order valence-electron chi connectivity index (χ0n) is 12.5. The molecule has 0 aliphatic rings. The Bertz CT molecular complexity index is 736. The van der Waals surface area contributed by atoms with Crippen molar-refractivity contribution in [3.05, 3.63) is 54.4 Å². The van der Waals surface area contributed by atoms with E-state index in [1.165, 1.54) is 13.2 Å². The van der Waals surface area contributed by atoms with Crippen molar-refractivity contribution in [2.24, 2.45) is 0 Å². The SMILES string of the molecule is COc1cc(/C=C/C(=O)Nc2cccnc2)ccc1OCC#N. The number of carbonyl (C=O) groups is 1. The van der Waals surface area contributed by atoms with Gasteiger partial charge in [-0.05, 0) is 35.9 Å². The third-order valence-corrected chi connectivity index (χ3v) is 2.84. The van der Waals surface area contributed by atoms with Crippen molar-refractivity contribution in [1.29, 1.82) is 5.26 Å². The van der Waals surface area contributed by atoms with Crippen LogP contribution in [0.3, 0.4) is 0 Å². The van der Waals surface area contributed by atoms with Gasteiger partial charge in [-0.2, -0.15) is 5.26 Å². The minimum atomic E-state index is -0.262. The fourth-order valence-corrected chi connectivity index (χ4v) is 1.81. The molecule has 23 heavy (non-hydrogen) atoms. The Morgan fingerprint density at radius 1 is 1.39 bits per heavy atom. The summed E-state index contributed by atoms with van der Waals surface area (Å²) in [6.45, 7) is -0.0565. The van der Waals surface area contributed by atoms with Gasteiger partial charge in [0.25, 0.3) is 0 Å². The summed E-state index contributed by atoms with van der Waals surface area (Å²) in [5.74, 6) is 0.711. The van der Waals surface area contributed by atoms with Crippen LogP contribution in [0.5, 0.6) is 11.5 Å². The van der Waals surface area contributed by atoms with Crippen LogP contribution in [0.25, 0.3) is 6.08 Å². The number of hydrogen-bond donors (Lipinski definition) is 1. The van der Waals surface area contributed by atoms with Crippen LogP contribution in [-0.4, -0.2) is 24.6 Å². The van der Waals surface area contributed by atoms with Gasteiger partial charge in [-0.25, -0.2) is 0 Å². The van der Waals surface area contributed by atoms with Crippen molar-refractivity contribution >= 4 is 17.7 Å². The van der Waals surface area contributed by atoms with Crippen molar-refractivity contribution in [2.75, 3.05) is 19.0 Å². The molecule has 6 nitrogen and oxygen atoms in total. The molecule has 0 saturated carbocycles. The van der Waals surface area contributed by atoms with Crippen LogP contribution in [0.4, 0.5) is 5.69 Å². The molecule has 0 atom stereocenters. The molecule has 0 saturated heterocycles. The summed E-state index contributed by atoms with van der Waals surface area (Å²) in [6, 6.07) is 10.6. The lowest BCUT2D eigenvalue weighted by Gasteiger charge is -2.08. The van der Waals surface area contributed by atoms with Crippen LogP contribution in [0.2, 0.25) is 0 Å². The summed E-state index contributed by atoms with van der Waals surface area (Å²) >= 11 is 0. The topological polar surface area (TPSA) is 84.2 Å². The number of rotatable bonds is 6. The molecule has 2 rings (SSSR count). The maximum absolute atomic E-state index is 11.8. The number of amides is 1. The Kier molecular flexibility index (Phi) is 5.72. The highest BCUT2D eigenvalue weighted by Gasteiger charge is 2.05. The molecule has 1 aromatic carbocycles. The number of pyridine rings is 1. The molecule has 1 amide bonds. The van der Waals surface area contributed by atoms with E-state index in [0.29, 0.717) is 17.2 Å². The Labute approximate surface area is 134 Å². The van der Waals surface area contributed by atoms with E-state index in [0.717, 1.165) is 5.56 Å². The molecule has 6 heteroatoms. The molecular weight excluding hydrogens is 294 g/mol. The highest BCUT2D eigenvalue weighted by molar-refractivity contribution is 6.01. The Morgan fingerprint density at radius 3 is 2.96 bits per heavy atom. The van der Waals surface area contributed by atoms with E-state index in [1.807, 2.05) is 6.07 Å². The fraction of sp³-hybridized carbons (Fsp3) is 0.118. The minimum Gasteiger partial charge on any atom is -0.493 e. The first-order valence-electron chi connectivity index (χ1n) is 6.80. The van der Waals surface area contributed by atoms with E-state index in [1.54, 1.807) is 48.8 Å². The van der Waals surface area contributed by atoms with Crippen molar-refractivity contribution in [3.8, 4) is 17.6 Å². The summed E-state index contributed by atoms with van der Waals surface area (Å²) in [4.78, 5) is 15.8. The minimum absolute atomic E-state index is 0.0565. The van der Waals surface area contributed by atoms with E-state index in [9.17, 15) is 4.79 Å². The van der Waals surface area contributed by atoms with E-state index in [4.69, 9.17) is 14.7 Å². The van der Waals surface area contributed by atoms with Gasteiger partial charge in [0.15, 0.2) is 18.1 Å². The van der Waals surface area contributed by atoms with Gasteiger partial charge in [-0.3, -0.25) is 9.78 Å². The van der Waals surface area contributed by atoms with Gasteiger partial charge in [-0.1, -0.05) is 6.07 Å². The average molecular weight is 309 g/mol. The number of benzene rings is 1. The molecule has 0 bridgehead atoms. The lowest BCUT2D eigenvalue weighted by Crippen LogP contribution is -2.07. The second-order valence-corrected chi connectivity index (χ2v) is 4.42. The second kappa shape index (κ2) is 8.20. The summed E-state index contributed by atoms with van der Waals surface area (Å²) in [6.07, 6.45) is 6.27. The number of hydrogen-bond acceptors (Lipinski definition) is 5. The summed E-state index contributed by atoms with van der Waals surface area (Å²) < 4.78 is 10.4. The number of nitrogens with zero attached hydrogens (tertiary/aromatic N) is 2. The van der Waals surface area contributed by atoms with Gasteiger partial charge >= 0.3 is 0 Å². The number of aromatic nitrogens is 1. The van der Waals surface area contributed by atoms with Gasteiger partial charge in [0, 0.05) is 12.3 Å². The Morgan fingerprint density at radius 2 is 2.26 bits per heavy atom. The van der Waals surface area contributed by atoms with Gasteiger partial charge in [0.2, 0.25) is 5.91 Å². The summed E-state index contributed by atoms with van der Waals surface area (Å²) in [7, 11) is 1.51. The van der Waals surface area contributed by atoms with Gasteiger partial charge < -0.3 is 14.8 Å². The molecule has 0 unspecified atom stereocenters. The Hall–Kier alpha value is -3.33. The first-order chi connectivity index (χ1) is 11.2. The second-order valence-electron chi connectivity index (χ2n) is 4.42. The number of anilines is 1. The zero-order chi connectivity index (χ0) is 16.5. The molecule has 0 spiro atoms. The predicted molar refractivity (Wildman–Crippen MR) is 86.0 cm³/mol. The molecular formula is C17H15N3O3. The third-order valence-electron chi connectivity index (χ3n) is 2.84. The van der Waals surface area contributed by atoms with Crippen LogP contribution in [0.15, 0.2) is 48.8 Å². The number of carbonyl (C=O) groups excluding carboxylic acids is 1. The van der Waals surface area contributed by atoms with E-state index < -0.39 is 0 Å². The molecule has 116 valence electrons. The number of ether oxygens (including phenoxy) is 2. The van der Waals surface area contributed by atoms with Gasteiger partial charge in [-0.15, -0.1) is 0 Å². The zero-order valence-corrected chi connectivity index (χ0v) is 12.5. The van der Waals surface area contributed by atoms with Crippen LogP contribution in [0, 0.1) is 11.3 Å². The van der Waals surface area contributed by atoms with Crippen molar-refractivity contribution in [1.82, 2.24) is 4.98 Å².